The first-order valence-electron chi connectivity index (χ1n) is 10.5. The van der Waals surface area contributed by atoms with Crippen molar-refractivity contribution in [3.05, 3.63) is 65.7 Å². The van der Waals surface area contributed by atoms with Gasteiger partial charge in [0.1, 0.15) is 11.3 Å². The smallest absolute Gasteiger partial charge is 0.343 e. The molecule has 1 aliphatic carbocycles. The monoisotopic (exact) mass is 379 g/mol. The third-order valence-electron chi connectivity index (χ3n) is 6.36. The molecule has 1 aliphatic heterocycles. The molecule has 2 aromatic rings. The predicted molar refractivity (Wildman–Crippen MR) is 109 cm³/mol. The summed E-state index contributed by atoms with van der Waals surface area (Å²) in [6, 6.07) is 17.3. The van der Waals surface area contributed by atoms with Gasteiger partial charge in [-0.3, -0.25) is 4.90 Å². The third-order valence-corrected chi connectivity index (χ3v) is 6.36. The SMILES string of the molecule is O=C(OC1CCCCN1C1(c2ccccc2)CCCCC1)c1ccccc1O. The van der Waals surface area contributed by atoms with E-state index in [2.05, 4.69) is 35.2 Å². The van der Waals surface area contributed by atoms with Gasteiger partial charge in [-0.05, 0) is 49.8 Å². The Morgan fingerprint density at radius 1 is 0.929 bits per heavy atom. The van der Waals surface area contributed by atoms with Crippen LogP contribution in [0.3, 0.4) is 0 Å². The summed E-state index contributed by atoms with van der Waals surface area (Å²) in [6.07, 6.45) is 8.64. The molecule has 4 rings (SSSR count). The summed E-state index contributed by atoms with van der Waals surface area (Å²) >= 11 is 0. The van der Waals surface area contributed by atoms with Crippen LogP contribution in [0.25, 0.3) is 0 Å². The van der Waals surface area contributed by atoms with Gasteiger partial charge in [0.25, 0.3) is 0 Å². The van der Waals surface area contributed by atoms with Crippen LogP contribution in [-0.4, -0.2) is 28.7 Å². The average molecular weight is 380 g/mol. The lowest BCUT2D eigenvalue weighted by Gasteiger charge is -2.51. The molecule has 4 heteroatoms. The van der Waals surface area contributed by atoms with Crippen LogP contribution >= 0.6 is 0 Å². The summed E-state index contributed by atoms with van der Waals surface area (Å²) in [5.41, 5.74) is 1.51. The van der Waals surface area contributed by atoms with Crippen LogP contribution in [0.5, 0.6) is 5.75 Å². The van der Waals surface area contributed by atoms with Gasteiger partial charge >= 0.3 is 5.97 Å². The van der Waals surface area contributed by atoms with E-state index in [0.29, 0.717) is 0 Å². The number of ether oxygens (including phenoxy) is 1. The Kier molecular flexibility index (Phi) is 5.67. The Balaban J connectivity index is 1.63. The highest BCUT2D eigenvalue weighted by Gasteiger charge is 2.44. The lowest BCUT2D eigenvalue weighted by molar-refractivity contribution is -0.115. The highest BCUT2D eigenvalue weighted by Crippen LogP contribution is 2.45. The van der Waals surface area contributed by atoms with Crippen LogP contribution < -0.4 is 0 Å². The van der Waals surface area contributed by atoms with Crippen LogP contribution in [0.4, 0.5) is 0 Å². The Hall–Kier alpha value is -2.33. The molecule has 0 radical (unpaired) electrons. The Labute approximate surface area is 167 Å². The second-order valence-electron chi connectivity index (χ2n) is 8.02. The number of likely N-dealkylation sites (tertiary alicyclic amines) is 1. The lowest BCUT2D eigenvalue weighted by atomic mass is 9.74. The van der Waals surface area contributed by atoms with Gasteiger partial charge in [0.05, 0.1) is 0 Å². The molecule has 1 saturated heterocycles. The number of piperidine rings is 1. The van der Waals surface area contributed by atoms with Crippen LogP contribution in [0.1, 0.15) is 67.3 Å². The van der Waals surface area contributed by atoms with E-state index < -0.39 is 5.97 Å². The summed E-state index contributed by atoms with van der Waals surface area (Å²) in [6.45, 7) is 0.938. The van der Waals surface area contributed by atoms with Gasteiger partial charge in [-0.25, -0.2) is 4.79 Å². The van der Waals surface area contributed by atoms with E-state index in [1.165, 1.54) is 30.9 Å². The lowest BCUT2D eigenvalue weighted by Crippen LogP contribution is -2.55. The molecule has 4 nitrogen and oxygen atoms in total. The van der Waals surface area contributed by atoms with Crippen molar-refractivity contribution < 1.29 is 14.6 Å². The molecule has 148 valence electrons. The number of hydrogen-bond donors (Lipinski definition) is 1. The fourth-order valence-corrected chi connectivity index (χ4v) is 4.97. The number of phenolic OH excluding ortho intramolecular Hbond substituents is 1. The number of benzene rings is 2. The second kappa shape index (κ2) is 8.36. The second-order valence-corrected chi connectivity index (χ2v) is 8.02. The van der Waals surface area contributed by atoms with E-state index in [9.17, 15) is 9.90 Å². The molecule has 2 aromatic carbocycles. The normalized spacial score (nSPS) is 22.5. The van der Waals surface area contributed by atoms with Gasteiger partial charge in [0.15, 0.2) is 6.23 Å². The van der Waals surface area contributed by atoms with E-state index in [-0.39, 0.29) is 23.1 Å². The van der Waals surface area contributed by atoms with Crippen molar-refractivity contribution in [1.82, 2.24) is 4.90 Å². The number of para-hydroxylation sites is 1. The average Bonchev–Trinajstić information content (AvgIpc) is 2.75. The van der Waals surface area contributed by atoms with E-state index in [1.807, 2.05) is 0 Å². The summed E-state index contributed by atoms with van der Waals surface area (Å²) < 4.78 is 6.00. The topological polar surface area (TPSA) is 49.8 Å². The molecule has 1 unspecified atom stereocenters. The fraction of sp³-hybridized carbons (Fsp3) is 0.458. The predicted octanol–water partition coefficient (Wildman–Crippen LogP) is 5.22. The molecule has 2 fully saturated rings. The maximum absolute atomic E-state index is 12.8. The molecule has 0 spiro atoms. The maximum Gasteiger partial charge on any atom is 0.343 e. The van der Waals surface area contributed by atoms with Gasteiger partial charge in [-0.2, -0.15) is 0 Å². The number of rotatable bonds is 4. The van der Waals surface area contributed by atoms with Crippen LogP contribution in [0.15, 0.2) is 54.6 Å². The van der Waals surface area contributed by atoms with Crippen LogP contribution in [0.2, 0.25) is 0 Å². The van der Waals surface area contributed by atoms with Crippen molar-refractivity contribution in [3.8, 4) is 5.75 Å². The number of aromatic hydroxyl groups is 1. The van der Waals surface area contributed by atoms with Gasteiger partial charge in [0.2, 0.25) is 0 Å². The number of carbonyl (C=O) groups excluding carboxylic acids is 1. The molecule has 1 atom stereocenters. The molecular formula is C24H29NO3. The standard InChI is InChI=1S/C24H29NO3/c26-21-14-6-5-13-20(21)23(27)28-22-15-7-10-18-25(22)24(16-8-2-9-17-24)19-11-3-1-4-12-19/h1,3-6,11-14,22,26H,2,7-10,15-18H2. The van der Waals surface area contributed by atoms with Gasteiger partial charge in [-0.1, -0.05) is 61.7 Å². The van der Waals surface area contributed by atoms with Crippen molar-refractivity contribution in [2.45, 2.75) is 63.1 Å². The maximum atomic E-state index is 12.8. The van der Waals surface area contributed by atoms with Gasteiger partial charge in [-0.15, -0.1) is 0 Å². The quantitative estimate of drug-likeness (QED) is 0.740. The van der Waals surface area contributed by atoms with E-state index in [0.717, 1.165) is 38.6 Å². The zero-order valence-corrected chi connectivity index (χ0v) is 16.3. The van der Waals surface area contributed by atoms with Crippen molar-refractivity contribution >= 4 is 5.97 Å². The first kappa shape index (κ1) is 19.0. The first-order valence-corrected chi connectivity index (χ1v) is 10.5. The molecule has 0 bridgehead atoms. The molecular weight excluding hydrogens is 350 g/mol. The number of esters is 1. The van der Waals surface area contributed by atoms with Crippen molar-refractivity contribution in [3.63, 3.8) is 0 Å². The molecule has 1 N–H and O–H groups in total. The third kappa shape index (κ3) is 3.66. The van der Waals surface area contributed by atoms with Crippen molar-refractivity contribution in [1.29, 1.82) is 0 Å². The Morgan fingerprint density at radius 2 is 1.64 bits per heavy atom. The van der Waals surface area contributed by atoms with Gasteiger partial charge in [0, 0.05) is 12.1 Å². The fourth-order valence-electron chi connectivity index (χ4n) is 4.97. The highest BCUT2D eigenvalue weighted by molar-refractivity contribution is 5.92. The number of nitrogens with zero attached hydrogens (tertiary/aromatic N) is 1. The number of carbonyl (C=O) groups is 1. The molecule has 1 heterocycles. The minimum absolute atomic E-state index is 0.0229. The van der Waals surface area contributed by atoms with Crippen molar-refractivity contribution in [2.75, 3.05) is 6.54 Å². The Morgan fingerprint density at radius 3 is 2.39 bits per heavy atom. The van der Waals surface area contributed by atoms with Gasteiger partial charge < -0.3 is 9.84 Å². The number of phenols is 1. The molecule has 28 heavy (non-hydrogen) atoms. The first-order chi connectivity index (χ1) is 13.7. The molecule has 0 amide bonds. The molecule has 1 saturated carbocycles. The minimum atomic E-state index is -0.436. The van der Waals surface area contributed by atoms with E-state index >= 15 is 0 Å². The minimum Gasteiger partial charge on any atom is -0.507 e. The zero-order chi connectivity index (χ0) is 19.4. The summed E-state index contributed by atoms with van der Waals surface area (Å²) in [7, 11) is 0. The molecule has 0 aromatic heterocycles. The van der Waals surface area contributed by atoms with Crippen molar-refractivity contribution in [2.24, 2.45) is 0 Å². The largest absolute Gasteiger partial charge is 0.507 e. The highest BCUT2D eigenvalue weighted by atomic mass is 16.6. The van der Waals surface area contributed by atoms with Crippen LogP contribution in [-0.2, 0) is 10.3 Å². The zero-order valence-electron chi connectivity index (χ0n) is 16.3. The summed E-state index contributed by atoms with van der Waals surface area (Å²) in [5, 5.41) is 10.0. The summed E-state index contributed by atoms with van der Waals surface area (Å²) in [4.78, 5) is 15.2. The number of hydrogen-bond acceptors (Lipinski definition) is 4. The van der Waals surface area contributed by atoms with E-state index in [4.69, 9.17) is 4.74 Å². The summed E-state index contributed by atoms with van der Waals surface area (Å²) in [5.74, 6) is -0.459. The Bertz CT molecular complexity index is 799. The van der Waals surface area contributed by atoms with Crippen LogP contribution in [0, 0.1) is 0 Å². The van der Waals surface area contributed by atoms with E-state index in [1.54, 1.807) is 18.2 Å². The molecule has 2 aliphatic rings.